The summed E-state index contributed by atoms with van der Waals surface area (Å²) < 4.78 is 2.18. The van der Waals surface area contributed by atoms with Crippen LogP contribution in [0.1, 0.15) is 30.1 Å². The first-order valence-electron chi connectivity index (χ1n) is 7.08. The molecule has 3 rings (SSSR count). The summed E-state index contributed by atoms with van der Waals surface area (Å²) >= 11 is 0. The lowest BCUT2D eigenvalue weighted by molar-refractivity contribution is 0.342. The SMILES string of the molecule is Cc1ccccc1-c1cn(C2CCNCC2)nc1C. The number of hydrogen-bond acceptors (Lipinski definition) is 2. The molecular weight excluding hydrogens is 234 g/mol. The Bertz CT molecular complexity index is 565. The van der Waals surface area contributed by atoms with Gasteiger partial charge >= 0.3 is 0 Å². The number of aromatic nitrogens is 2. The Morgan fingerprint density at radius 3 is 2.58 bits per heavy atom. The van der Waals surface area contributed by atoms with Gasteiger partial charge in [0.25, 0.3) is 0 Å². The lowest BCUT2D eigenvalue weighted by atomic mass is 10.0. The van der Waals surface area contributed by atoms with Gasteiger partial charge in [0.05, 0.1) is 11.7 Å². The fraction of sp³-hybridized carbons (Fsp3) is 0.438. The summed E-state index contributed by atoms with van der Waals surface area (Å²) in [6.45, 7) is 6.47. The topological polar surface area (TPSA) is 29.9 Å². The van der Waals surface area contributed by atoms with Crippen LogP contribution in [0.3, 0.4) is 0 Å². The van der Waals surface area contributed by atoms with E-state index in [1.807, 2.05) is 0 Å². The van der Waals surface area contributed by atoms with Crippen LogP contribution in [0.5, 0.6) is 0 Å². The number of nitrogens with zero attached hydrogens (tertiary/aromatic N) is 2. The molecule has 1 aliphatic heterocycles. The largest absolute Gasteiger partial charge is 0.317 e. The van der Waals surface area contributed by atoms with Crippen LogP contribution in [0.4, 0.5) is 0 Å². The highest BCUT2D eigenvalue weighted by Crippen LogP contribution is 2.28. The monoisotopic (exact) mass is 255 g/mol. The zero-order chi connectivity index (χ0) is 13.2. The van der Waals surface area contributed by atoms with E-state index in [1.54, 1.807) is 0 Å². The summed E-state index contributed by atoms with van der Waals surface area (Å²) in [6, 6.07) is 9.09. The Morgan fingerprint density at radius 1 is 1.11 bits per heavy atom. The molecule has 1 fully saturated rings. The molecule has 0 unspecified atom stereocenters. The molecule has 2 heterocycles. The lowest BCUT2D eigenvalue weighted by Gasteiger charge is -2.22. The van der Waals surface area contributed by atoms with E-state index in [9.17, 15) is 0 Å². The van der Waals surface area contributed by atoms with Crippen LogP contribution in [0, 0.1) is 13.8 Å². The molecule has 1 aliphatic rings. The number of piperidine rings is 1. The van der Waals surface area contributed by atoms with E-state index in [0.29, 0.717) is 6.04 Å². The Kier molecular flexibility index (Phi) is 3.38. The van der Waals surface area contributed by atoms with Gasteiger partial charge in [-0.15, -0.1) is 0 Å². The van der Waals surface area contributed by atoms with Gasteiger partial charge in [-0.05, 0) is 50.9 Å². The van der Waals surface area contributed by atoms with Crippen LogP contribution < -0.4 is 5.32 Å². The van der Waals surface area contributed by atoms with Gasteiger partial charge in [-0.2, -0.15) is 5.10 Å². The molecule has 1 saturated heterocycles. The van der Waals surface area contributed by atoms with Gasteiger partial charge in [-0.3, -0.25) is 4.68 Å². The molecule has 1 aromatic carbocycles. The first-order valence-corrected chi connectivity index (χ1v) is 7.08. The van der Waals surface area contributed by atoms with Gasteiger partial charge < -0.3 is 5.32 Å². The predicted octanol–water partition coefficient (Wildman–Crippen LogP) is 3.09. The van der Waals surface area contributed by atoms with Crippen LogP contribution in [0.25, 0.3) is 11.1 Å². The van der Waals surface area contributed by atoms with Crippen LogP contribution >= 0.6 is 0 Å². The molecular formula is C16H21N3. The third kappa shape index (κ3) is 2.43. The van der Waals surface area contributed by atoms with Gasteiger partial charge in [0.15, 0.2) is 0 Å². The minimum Gasteiger partial charge on any atom is -0.317 e. The Balaban J connectivity index is 1.95. The molecule has 3 heteroatoms. The molecule has 100 valence electrons. The summed E-state index contributed by atoms with van der Waals surface area (Å²) in [4.78, 5) is 0. The average molecular weight is 255 g/mol. The molecule has 19 heavy (non-hydrogen) atoms. The first kappa shape index (κ1) is 12.4. The van der Waals surface area contributed by atoms with Gasteiger partial charge in [-0.1, -0.05) is 24.3 Å². The van der Waals surface area contributed by atoms with E-state index < -0.39 is 0 Å². The summed E-state index contributed by atoms with van der Waals surface area (Å²) in [7, 11) is 0. The molecule has 0 amide bonds. The van der Waals surface area contributed by atoms with Crippen molar-refractivity contribution in [2.24, 2.45) is 0 Å². The van der Waals surface area contributed by atoms with Crippen LogP contribution in [-0.4, -0.2) is 22.9 Å². The van der Waals surface area contributed by atoms with Crippen molar-refractivity contribution < 1.29 is 0 Å². The number of nitrogens with one attached hydrogen (secondary N) is 1. The maximum atomic E-state index is 4.74. The average Bonchev–Trinajstić information content (AvgIpc) is 2.82. The zero-order valence-electron chi connectivity index (χ0n) is 11.7. The second-order valence-electron chi connectivity index (χ2n) is 5.40. The minimum absolute atomic E-state index is 0.553. The van der Waals surface area contributed by atoms with Gasteiger partial charge in [0.2, 0.25) is 0 Å². The van der Waals surface area contributed by atoms with Crippen molar-refractivity contribution >= 4 is 0 Å². The van der Waals surface area contributed by atoms with E-state index in [-0.39, 0.29) is 0 Å². The van der Waals surface area contributed by atoms with E-state index in [4.69, 9.17) is 5.10 Å². The first-order chi connectivity index (χ1) is 9.25. The van der Waals surface area contributed by atoms with Crippen LogP contribution in [0.15, 0.2) is 30.5 Å². The third-order valence-electron chi connectivity index (χ3n) is 4.03. The second kappa shape index (κ2) is 5.17. The number of rotatable bonds is 2. The third-order valence-corrected chi connectivity index (χ3v) is 4.03. The quantitative estimate of drug-likeness (QED) is 0.893. The van der Waals surface area contributed by atoms with Crippen molar-refractivity contribution in [3.05, 3.63) is 41.7 Å². The fourth-order valence-corrected chi connectivity index (χ4v) is 2.88. The second-order valence-corrected chi connectivity index (χ2v) is 5.40. The van der Waals surface area contributed by atoms with Crippen molar-refractivity contribution in [2.45, 2.75) is 32.7 Å². The lowest BCUT2D eigenvalue weighted by Crippen LogP contribution is -2.29. The molecule has 0 radical (unpaired) electrons. The number of hydrogen-bond donors (Lipinski definition) is 1. The molecule has 0 atom stereocenters. The molecule has 0 spiro atoms. The van der Waals surface area contributed by atoms with Crippen LogP contribution in [0.2, 0.25) is 0 Å². The summed E-state index contributed by atoms with van der Waals surface area (Å²) in [5.41, 5.74) is 5.03. The minimum atomic E-state index is 0.553. The molecule has 0 aliphatic carbocycles. The highest BCUT2D eigenvalue weighted by Gasteiger charge is 2.18. The maximum absolute atomic E-state index is 4.74. The number of aryl methyl sites for hydroxylation is 2. The molecule has 1 aromatic heterocycles. The molecule has 1 N–H and O–H groups in total. The van der Waals surface area contributed by atoms with E-state index in [0.717, 1.165) is 18.8 Å². The standard InChI is InChI=1S/C16H21N3/c1-12-5-3-4-6-15(12)16-11-19(18-13(16)2)14-7-9-17-10-8-14/h3-6,11,14,17H,7-10H2,1-2H3. The van der Waals surface area contributed by atoms with Gasteiger partial charge in [-0.25, -0.2) is 0 Å². The van der Waals surface area contributed by atoms with E-state index in [1.165, 1.54) is 29.5 Å². The fourth-order valence-electron chi connectivity index (χ4n) is 2.88. The van der Waals surface area contributed by atoms with E-state index in [2.05, 4.69) is 54.3 Å². The normalized spacial score (nSPS) is 16.7. The molecule has 0 bridgehead atoms. The highest BCUT2D eigenvalue weighted by atomic mass is 15.3. The van der Waals surface area contributed by atoms with Crippen molar-refractivity contribution in [1.29, 1.82) is 0 Å². The van der Waals surface area contributed by atoms with Crippen molar-refractivity contribution in [2.75, 3.05) is 13.1 Å². The Morgan fingerprint density at radius 2 is 1.84 bits per heavy atom. The Labute approximate surface area is 114 Å². The van der Waals surface area contributed by atoms with Crippen molar-refractivity contribution in [1.82, 2.24) is 15.1 Å². The number of benzene rings is 1. The molecule has 3 nitrogen and oxygen atoms in total. The molecule has 0 saturated carbocycles. The van der Waals surface area contributed by atoms with Gasteiger partial charge in [0.1, 0.15) is 0 Å². The predicted molar refractivity (Wildman–Crippen MR) is 78.3 cm³/mol. The van der Waals surface area contributed by atoms with Crippen LogP contribution in [-0.2, 0) is 0 Å². The summed E-state index contributed by atoms with van der Waals surface area (Å²) in [5, 5.41) is 8.15. The van der Waals surface area contributed by atoms with Crippen molar-refractivity contribution in [3.8, 4) is 11.1 Å². The summed E-state index contributed by atoms with van der Waals surface area (Å²) in [5.74, 6) is 0. The zero-order valence-corrected chi connectivity index (χ0v) is 11.7. The smallest absolute Gasteiger partial charge is 0.0672 e. The summed E-state index contributed by atoms with van der Waals surface area (Å²) in [6.07, 6.45) is 4.58. The van der Waals surface area contributed by atoms with Crippen molar-refractivity contribution in [3.63, 3.8) is 0 Å². The maximum Gasteiger partial charge on any atom is 0.0672 e. The molecule has 2 aromatic rings. The van der Waals surface area contributed by atoms with Gasteiger partial charge in [0, 0.05) is 11.8 Å². The van der Waals surface area contributed by atoms with E-state index >= 15 is 0 Å². The Hall–Kier alpha value is -1.61. The highest BCUT2D eigenvalue weighted by molar-refractivity contribution is 5.68.